The number of fused-ring (bicyclic) bond motifs is 2. The monoisotopic (exact) mass is 912 g/mol. The summed E-state index contributed by atoms with van der Waals surface area (Å²) in [6, 6.07) is 9.66. The molecule has 0 bridgehead atoms. The molecule has 1 aromatic heterocycles. The van der Waals surface area contributed by atoms with Crippen LogP contribution in [-0.4, -0.2) is 124 Å². The minimum atomic E-state index is -1.25. The van der Waals surface area contributed by atoms with Crippen LogP contribution in [0.1, 0.15) is 88.7 Å². The Bertz CT molecular complexity index is 2190. The van der Waals surface area contributed by atoms with E-state index in [4.69, 9.17) is 11.1 Å². The van der Waals surface area contributed by atoms with Crippen LogP contribution in [0.25, 0.3) is 10.9 Å². The van der Waals surface area contributed by atoms with E-state index in [9.17, 15) is 38.7 Å². The number of carbonyl (C=O) groups is 7. The molecule has 3 aliphatic rings. The molecule has 0 spiro atoms. The summed E-state index contributed by atoms with van der Waals surface area (Å²) >= 11 is 0. The average molecular weight is 912 g/mol. The van der Waals surface area contributed by atoms with E-state index in [1.54, 1.807) is 18.3 Å². The lowest BCUT2D eigenvalue weighted by molar-refractivity contribution is -0.143. The topological polar surface area (TPSA) is 293 Å². The van der Waals surface area contributed by atoms with Crippen molar-refractivity contribution < 1.29 is 38.7 Å². The molecule has 3 fully saturated rings. The van der Waals surface area contributed by atoms with Gasteiger partial charge in [-0.15, -0.1) is 0 Å². The van der Waals surface area contributed by atoms with Gasteiger partial charge in [-0.05, 0) is 55.2 Å². The highest BCUT2D eigenvalue weighted by molar-refractivity contribution is 5.98. The fourth-order valence-corrected chi connectivity index (χ4v) is 9.31. The zero-order valence-electron chi connectivity index (χ0n) is 37.5. The van der Waals surface area contributed by atoms with Gasteiger partial charge in [0.2, 0.25) is 41.4 Å². The van der Waals surface area contributed by atoms with Gasteiger partial charge < -0.3 is 57.9 Å². The molecule has 1 aliphatic carbocycles. The number of aliphatic hydroxyl groups excluding tert-OH is 1. The van der Waals surface area contributed by atoms with Crippen molar-refractivity contribution in [3.8, 4) is 0 Å². The van der Waals surface area contributed by atoms with Gasteiger partial charge >= 0.3 is 0 Å². The number of nitrogens with zero attached hydrogens (tertiary/aromatic N) is 1. The number of nitrogens with one attached hydrogen (secondary N) is 9. The summed E-state index contributed by atoms with van der Waals surface area (Å²) in [5, 5.41) is 39.1. The van der Waals surface area contributed by atoms with E-state index >= 15 is 0 Å². The third kappa shape index (κ3) is 13.8. The molecule has 7 amide bonds. The third-order valence-electron chi connectivity index (χ3n) is 12.7. The SMILES string of the molecule is CC(=O)N[C@@H](Cc1ccccc1)C(=O)N[C@H]1CCCNC(=O)C(CCCNC(=N)N)NC(=O)C(Cc2c[nH]c3ccccc23)NC(=O)[C@@H](CC2CCCCC2)NC(=O)C2C[C@@H](O)CN2C1=O. The Morgan fingerprint density at radius 1 is 0.864 bits per heavy atom. The predicted molar refractivity (Wildman–Crippen MR) is 246 cm³/mol. The molecular formula is C47H65N11O8. The molecule has 3 aromatic rings. The molecule has 6 rings (SSSR count). The smallest absolute Gasteiger partial charge is 0.245 e. The summed E-state index contributed by atoms with van der Waals surface area (Å²) in [4.78, 5) is 103. The van der Waals surface area contributed by atoms with Crippen LogP contribution >= 0.6 is 0 Å². The Hall–Kier alpha value is -6.50. The Morgan fingerprint density at radius 3 is 2.30 bits per heavy atom. The van der Waals surface area contributed by atoms with Crippen LogP contribution in [-0.2, 0) is 46.4 Å². The van der Waals surface area contributed by atoms with Crippen molar-refractivity contribution in [2.24, 2.45) is 11.7 Å². The first kappa shape index (κ1) is 48.9. The van der Waals surface area contributed by atoms with E-state index in [2.05, 4.69) is 42.2 Å². The number of hydrogen-bond donors (Lipinski definition) is 11. The van der Waals surface area contributed by atoms with Crippen LogP contribution in [0, 0.1) is 11.3 Å². The summed E-state index contributed by atoms with van der Waals surface area (Å²) < 4.78 is 0. The molecule has 19 heteroatoms. The highest BCUT2D eigenvalue weighted by Gasteiger charge is 2.43. The van der Waals surface area contributed by atoms with Gasteiger partial charge in [0.1, 0.15) is 36.3 Å². The molecule has 19 nitrogen and oxygen atoms in total. The van der Waals surface area contributed by atoms with Crippen molar-refractivity contribution in [1.82, 2.24) is 47.1 Å². The van der Waals surface area contributed by atoms with Gasteiger partial charge in [-0.2, -0.15) is 0 Å². The van der Waals surface area contributed by atoms with Crippen molar-refractivity contribution >= 4 is 58.2 Å². The lowest BCUT2D eigenvalue weighted by Gasteiger charge is -2.32. The largest absolute Gasteiger partial charge is 0.391 e. The van der Waals surface area contributed by atoms with Gasteiger partial charge in [-0.1, -0.05) is 80.6 Å². The molecule has 12 N–H and O–H groups in total. The second-order valence-corrected chi connectivity index (χ2v) is 17.8. The van der Waals surface area contributed by atoms with E-state index in [0.717, 1.165) is 54.1 Å². The number of nitrogens with two attached hydrogens (primary N) is 1. The van der Waals surface area contributed by atoms with Gasteiger partial charge in [-0.25, -0.2) is 0 Å². The molecule has 356 valence electrons. The maximum absolute atomic E-state index is 14.6. The van der Waals surface area contributed by atoms with Gasteiger partial charge in [0.15, 0.2) is 5.96 Å². The Morgan fingerprint density at radius 2 is 1.56 bits per heavy atom. The van der Waals surface area contributed by atoms with Crippen LogP contribution < -0.4 is 43.0 Å². The van der Waals surface area contributed by atoms with E-state index < -0.39 is 83.7 Å². The number of aromatic amines is 1. The first-order chi connectivity index (χ1) is 31.7. The molecule has 3 heterocycles. The zero-order valence-corrected chi connectivity index (χ0v) is 37.5. The second-order valence-electron chi connectivity index (χ2n) is 17.8. The first-order valence-corrected chi connectivity index (χ1v) is 23.2. The number of hydrogen-bond acceptors (Lipinski definition) is 9. The highest BCUT2D eigenvalue weighted by atomic mass is 16.3. The van der Waals surface area contributed by atoms with Crippen LogP contribution in [0.2, 0.25) is 0 Å². The second kappa shape index (κ2) is 23.6. The molecule has 1 saturated carbocycles. The molecule has 66 heavy (non-hydrogen) atoms. The maximum atomic E-state index is 14.6. The Kier molecular flexibility index (Phi) is 17.5. The maximum Gasteiger partial charge on any atom is 0.245 e. The fraction of sp³-hybridized carbons (Fsp3) is 0.532. The average Bonchev–Trinajstić information content (AvgIpc) is 3.90. The highest BCUT2D eigenvalue weighted by Crippen LogP contribution is 2.28. The normalized spacial score (nSPS) is 24.4. The number of para-hydroxylation sites is 1. The molecule has 2 saturated heterocycles. The summed E-state index contributed by atoms with van der Waals surface area (Å²) in [7, 11) is 0. The number of amides is 7. The van der Waals surface area contributed by atoms with Crippen molar-refractivity contribution in [2.45, 2.75) is 133 Å². The molecule has 0 radical (unpaired) electrons. The summed E-state index contributed by atoms with van der Waals surface area (Å²) in [6.45, 7) is 1.32. The van der Waals surface area contributed by atoms with Gasteiger partial charge in [0.05, 0.1) is 6.10 Å². The molecule has 3 unspecified atom stereocenters. The van der Waals surface area contributed by atoms with Crippen LogP contribution in [0.4, 0.5) is 0 Å². The number of aliphatic hydroxyl groups is 1. The Labute approximate surface area is 384 Å². The van der Waals surface area contributed by atoms with Crippen LogP contribution in [0.3, 0.4) is 0 Å². The van der Waals surface area contributed by atoms with Crippen molar-refractivity contribution in [3.63, 3.8) is 0 Å². The number of rotatable bonds is 13. The van der Waals surface area contributed by atoms with Gasteiger partial charge in [-0.3, -0.25) is 39.0 Å². The van der Waals surface area contributed by atoms with Crippen molar-refractivity contribution in [1.29, 1.82) is 5.41 Å². The van der Waals surface area contributed by atoms with Crippen LogP contribution in [0.5, 0.6) is 0 Å². The zero-order chi connectivity index (χ0) is 47.2. The number of guanidine groups is 1. The molecule has 2 aromatic carbocycles. The van der Waals surface area contributed by atoms with E-state index in [0.29, 0.717) is 6.42 Å². The van der Waals surface area contributed by atoms with Crippen molar-refractivity contribution in [3.05, 3.63) is 71.9 Å². The van der Waals surface area contributed by atoms with Gasteiger partial charge in [0.25, 0.3) is 0 Å². The van der Waals surface area contributed by atoms with Gasteiger partial charge in [0, 0.05) is 62.9 Å². The Balaban J connectivity index is 1.32. The number of aromatic nitrogens is 1. The summed E-state index contributed by atoms with van der Waals surface area (Å²) in [5.74, 6) is -4.36. The van der Waals surface area contributed by atoms with E-state index in [-0.39, 0.29) is 76.5 Å². The lowest BCUT2D eigenvalue weighted by atomic mass is 9.84. The number of H-pyrrole nitrogens is 1. The standard InChI is InChI=1S/C47H65N11O8/c1-28(59)53-37(22-29-12-4-2-5-13-29)42(62)55-36-19-11-20-50-41(61)35(18-10-21-51-47(48)49)54-44(64)39(24-31-26-52-34-17-9-8-16-33(31)34)56-43(63)38(23-30-14-6-3-7-15-30)57-45(65)40-25-32(60)27-58(40)46(36)66/h2,4-5,8-9,12-13,16-17,26,30,32,35-40,52,60H,3,6-7,10-11,14-15,18-25,27H2,1H3,(H,50,61)(H,53,59)(H,54,64)(H,55,62)(H,56,63)(H,57,65)(H4,48,49,51)/t32-,35?,36+,37+,38-,39?,40?/m1/s1. The molecule has 2 aliphatic heterocycles. The summed E-state index contributed by atoms with van der Waals surface area (Å²) in [5.41, 5.74) is 7.83. The van der Waals surface area contributed by atoms with E-state index in [1.807, 2.05) is 42.5 Å². The molecule has 7 atom stereocenters. The fourth-order valence-electron chi connectivity index (χ4n) is 9.31. The number of benzene rings is 2. The minimum Gasteiger partial charge on any atom is -0.391 e. The third-order valence-corrected chi connectivity index (χ3v) is 12.7. The predicted octanol–water partition coefficient (Wildman–Crippen LogP) is 0.502. The molecular weight excluding hydrogens is 847 g/mol. The van der Waals surface area contributed by atoms with Crippen LogP contribution in [0.15, 0.2) is 60.8 Å². The summed E-state index contributed by atoms with van der Waals surface area (Å²) in [6.07, 6.45) is 6.26. The lowest BCUT2D eigenvalue weighted by Crippen LogP contribution is -2.60. The quantitative estimate of drug-likeness (QED) is 0.0642. The minimum absolute atomic E-state index is 0.0110. The van der Waals surface area contributed by atoms with Crippen molar-refractivity contribution in [2.75, 3.05) is 19.6 Å². The number of carbonyl (C=O) groups excluding carboxylic acids is 7. The van der Waals surface area contributed by atoms with E-state index in [1.165, 1.54) is 11.8 Å². The first-order valence-electron chi connectivity index (χ1n) is 23.2.